The van der Waals surface area contributed by atoms with Crippen LogP contribution in [0.3, 0.4) is 0 Å². The third-order valence-electron chi connectivity index (χ3n) is 3.75. The first-order valence-corrected chi connectivity index (χ1v) is 6.98. The maximum absolute atomic E-state index is 5.13. The molecule has 2 heterocycles. The van der Waals surface area contributed by atoms with Crippen molar-refractivity contribution in [3.8, 4) is 0 Å². The van der Waals surface area contributed by atoms with Crippen molar-refractivity contribution in [2.45, 2.75) is 45.6 Å². The van der Waals surface area contributed by atoms with Crippen LogP contribution < -0.4 is 4.90 Å². The Hall–Kier alpha value is -1.10. The van der Waals surface area contributed by atoms with E-state index in [-0.39, 0.29) is 0 Å². The van der Waals surface area contributed by atoms with E-state index in [1.807, 2.05) is 14.0 Å². The lowest BCUT2D eigenvalue weighted by atomic mass is 10.2. The van der Waals surface area contributed by atoms with Crippen LogP contribution in [0.2, 0.25) is 0 Å². The van der Waals surface area contributed by atoms with Gasteiger partial charge in [0.2, 0.25) is 5.89 Å². The molecular formula is C13H24N4O. The zero-order chi connectivity index (χ0) is 13.0. The quantitative estimate of drug-likeness (QED) is 0.774. The largest absolute Gasteiger partial charge is 0.341 e. The van der Waals surface area contributed by atoms with Gasteiger partial charge in [0, 0.05) is 26.1 Å². The molecule has 1 saturated heterocycles. The summed E-state index contributed by atoms with van der Waals surface area (Å²) >= 11 is 0. The summed E-state index contributed by atoms with van der Waals surface area (Å²) in [6.07, 6.45) is 4.65. The second kappa shape index (κ2) is 6.18. The highest BCUT2D eigenvalue weighted by Crippen LogP contribution is 2.15. The molecule has 1 atom stereocenters. The van der Waals surface area contributed by atoms with E-state index in [9.17, 15) is 0 Å². The lowest BCUT2D eigenvalue weighted by Crippen LogP contribution is -2.33. The van der Waals surface area contributed by atoms with Crippen molar-refractivity contribution >= 4 is 5.95 Å². The van der Waals surface area contributed by atoms with Crippen molar-refractivity contribution in [1.29, 1.82) is 0 Å². The number of likely N-dealkylation sites (tertiary alicyclic amines) is 1. The maximum Gasteiger partial charge on any atom is 0.265 e. The lowest BCUT2D eigenvalue weighted by Gasteiger charge is -2.25. The van der Waals surface area contributed by atoms with E-state index in [0.29, 0.717) is 17.9 Å². The Labute approximate surface area is 109 Å². The van der Waals surface area contributed by atoms with E-state index in [4.69, 9.17) is 4.52 Å². The van der Waals surface area contributed by atoms with E-state index in [2.05, 4.69) is 26.9 Å². The second-order valence-electron chi connectivity index (χ2n) is 5.14. The van der Waals surface area contributed by atoms with Crippen LogP contribution in [-0.4, -0.2) is 47.8 Å². The highest BCUT2D eigenvalue weighted by atomic mass is 16.5. The predicted molar refractivity (Wildman–Crippen MR) is 71.8 cm³/mol. The third-order valence-corrected chi connectivity index (χ3v) is 3.75. The minimum Gasteiger partial charge on any atom is -0.341 e. The molecule has 18 heavy (non-hydrogen) atoms. The standard InChI is InChI=1S/C13H24N4O/c1-4-12-14-13(15-18-12)16(3)10-7-11(2)17-8-5-6-9-17/h11H,4-10H2,1-3H3/t11-/m0/s1. The van der Waals surface area contributed by atoms with E-state index >= 15 is 0 Å². The number of anilines is 1. The van der Waals surface area contributed by atoms with E-state index in [1.54, 1.807) is 0 Å². The molecule has 2 rings (SSSR count). The van der Waals surface area contributed by atoms with Crippen molar-refractivity contribution in [2.75, 3.05) is 31.6 Å². The molecule has 0 bridgehead atoms. The molecule has 0 unspecified atom stereocenters. The van der Waals surface area contributed by atoms with Crippen LogP contribution in [0.4, 0.5) is 5.95 Å². The van der Waals surface area contributed by atoms with Crippen molar-refractivity contribution < 1.29 is 4.52 Å². The molecule has 0 radical (unpaired) electrons. The number of aromatic nitrogens is 2. The van der Waals surface area contributed by atoms with E-state index in [1.165, 1.54) is 25.9 Å². The number of nitrogens with zero attached hydrogens (tertiary/aromatic N) is 4. The topological polar surface area (TPSA) is 45.4 Å². The maximum atomic E-state index is 5.13. The molecule has 0 amide bonds. The van der Waals surface area contributed by atoms with E-state index in [0.717, 1.165) is 19.4 Å². The van der Waals surface area contributed by atoms with Gasteiger partial charge in [-0.25, -0.2) is 0 Å². The molecule has 0 saturated carbocycles. The van der Waals surface area contributed by atoms with Gasteiger partial charge in [-0.05, 0) is 44.4 Å². The number of aryl methyl sites for hydroxylation is 1. The SMILES string of the molecule is CCc1nc(N(C)CC[C@H](C)N2CCCC2)no1. The Kier molecular flexibility index (Phi) is 4.58. The molecule has 1 fully saturated rings. The summed E-state index contributed by atoms with van der Waals surface area (Å²) in [5, 5.41) is 3.99. The molecule has 0 aliphatic carbocycles. The highest BCUT2D eigenvalue weighted by Gasteiger charge is 2.18. The molecule has 5 heteroatoms. The van der Waals surface area contributed by atoms with Gasteiger partial charge in [0.05, 0.1) is 0 Å². The van der Waals surface area contributed by atoms with Crippen LogP contribution in [-0.2, 0) is 6.42 Å². The number of hydrogen-bond acceptors (Lipinski definition) is 5. The van der Waals surface area contributed by atoms with Crippen LogP contribution >= 0.6 is 0 Å². The molecule has 1 aromatic rings. The molecule has 102 valence electrons. The summed E-state index contributed by atoms with van der Waals surface area (Å²) in [4.78, 5) is 8.99. The Balaban J connectivity index is 1.78. The van der Waals surface area contributed by atoms with E-state index < -0.39 is 0 Å². The molecule has 1 aliphatic rings. The fraction of sp³-hybridized carbons (Fsp3) is 0.846. The summed E-state index contributed by atoms with van der Waals surface area (Å²) in [6.45, 7) is 7.82. The first-order valence-electron chi connectivity index (χ1n) is 6.98. The minimum absolute atomic E-state index is 0.646. The lowest BCUT2D eigenvalue weighted by molar-refractivity contribution is 0.249. The second-order valence-corrected chi connectivity index (χ2v) is 5.14. The Morgan fingerprint density at radius 1 is 1.39 bits per heavy atom. The van der Waals surface area contributed by atoms with Crippen molar-refractivity contribution in [3.63, 3.8) is 0 Å². The zero-order valence-corrected chi connectivity index (χ0v) is 11.7. The Morgan fingerprint density at radius 3 is 2.72 bits per heavy atom. The van der Waals surface area contributed by atoms with Crippen molar-refractivity contribution in [3.05, 3.63) is 5.89 Å². The average Bonchev–Trinajstić information content (AvgIpc) is 3.05. The van der Waals surface area contributed by atoms with Crippen LogP contribution in [0.1, 0.15) is 39.0 Å². The monoisotopic (exact) mass is 252 g/mol. The van der Waals surface area contributed by atoms with Gasteiger partial charge in [-0.1, -0.05) is 6.92 Å². The summed E-state index contributed by atoms with van der Waals surface area (Å²) in [5.41, 5.74) is 0. The third kappa shape index (κ3) is 3.22. The summed E-state index contributed by atoms with van der Waals surface area (Å²) in [7, 11) is 2.03. The molecule has 0 aromatic carbocycles. The van der Waals surface area contributed by atoms with Gasteiger partial charge < -0.3 is 14.3 Å². The normalized spacial score (nSPS) is 18.2. The Bertz CT molecular complexity index is 360. The molecule has 5 nitrogen and oxygen atoms in total. The summed E-state index contributed by atoms with van der Waals surface area (Å²) < 4.78 is 5.13. The summed E-state index contributed by atoms with van der Waals surface area (Å²) in [5.74, 6) is 1.42. The zero-order valence-electron chi connectivity index (χ0n) is 11.7. The van der Waals surface area contributed by atoms with Crippen LogP contribution in [0.15, 0.2) is 4.52 Å². The van der Waals surface area contributed by atoms with Crippen LogP contribution in [0.25, 0.3) is 0 Å². The molecule has 1 aliphatic heterocycles. The number of hydrogen-bond donors (Lipinski definition) is 0. The van der Waals surface area contributed by atoms with Crippen molar-refractivity contribution in [2.24, 2.45) is 0 Å². The first kappa shape index (κ1) is 13.3. The van der Waals surface area contributed by atoms with Gasteiger partial charge in [-0.15, -0.1) is 0 Å². The first-order chi connectivity index (χ1) is 8.70. The number of rotatable bonds is 6. The molecule has 1 aromatic heterocycles. The smallest absolute Gasteiger partial charge is 0.265 e. The fourth-order valence-corrected chi connectivity index (χ4v) is 2.39. The fourth-order valence-electron chi connectivity index (χ4n) is 2.39. The van der Waals surface area contributed by atoms with Gasteiger partial charge in [-0.3, -0.25) is 0 Å². The average molecular weight is 252 g/mol. The van der Waals surface area contributed by atoms with Gasteiger partial charge in [-0.2, -0.15) is 4.98 Å². The Morgan fingerprint density at radius 2 is 2.11 bits per heavy atom. The molecular weight excluding hydrogens is 228 g/mol. The van der Waals surface area contributed by atoms with Gasteiger partial charge in [0.15, 0.2) is 0 Å². The van der Waals surface area contributed by atoms with Crippen molar-refractivity contribution in [1.82, 2.24) is 15.0 Å². The van der Waals surface area contributed by atoms with Gasteiger partial charge >= 0.3 is 0 Å². The minimum atomic E-state index is 0.646. The van der Waals surface area contributed by atoms with Crippen LogP contribution in [0.5, 0.6) is 0 Å². The summed E-state index contributed by atoms with van der Waals surface area (Å²) in [6, 6.07) is 0.646. The predicted octanol–water partition coefficient (Wildman–Crippen LogP) is 1.94. The molecule has 0 N–H and O–H groups in total. The van der Waals surface area contributed by atoms with Gasteiger partial charge in [0.25, 0.3) is 5.95 Å². The molecule has 0 spiro atoms. The van der Waals surface area contributed by atoms with Crippen LogP contribution in [0, 0.1) is 0 Å². The highest BCUT2D eigenvalue weighted by molar-refractivity contribution is 5.25. The van der Waals surface area contributed by atoms with Gasteiger partial charge in [0.1, 0.15) is 0 Å².